The third-order valence-electron chi connectivity index (χ3n) is 6.79. The highest BCUT2D eigenvalue weighted by Crippen LogP contribution is 2.37. The van der Waals surface area contributed by atoms with Crippen LogP contribution in [0.3, 0.4) is 0 Å². The zero-order valence-corrected chi connectivity index (χ0v) is 19.1. The van der Waals surface area contributed by atoms with Gasteiger partial charge < -0.3 is 10.0 Å². The molecule has 0 bridgehead atoms. The predicted octanol–water partition coefficient (Wildman–Crippen LogP) is 3.05. The van der Waals surface area contributed by atoms with Crippen molar-refractivity contribution in [2.45, 2.75) is 43.8 Å². The van der Waals surface area contributed by atoms with Crippen LogP contribution in [0.1, 0.15) is 31.7 Å². The fraction of sp³-hybridized carbons (Fsp3) is 0.455. The Hall–Kier alpha value is -3.05. The number of imidazole rings is 2. The molecule has 1 aliphatic heterocycles. The molecule has 2 aliphatic rings. The minimum absolute atomic E-state index is 0.151. The van der Waals surface area contributed by atoms with Gasteiger partial charge in [-0.1, -0.05) is 11.6 Å². The van der Waals surface area contributed by atoms with Crippen molar-refractivity contribution in [1.82, 2.24) is 28.7 Å². The van der Waals surface area contributed by atoms with Gasteiger partial charge in [0.2, 0.25) is 5.95 Å². The summed E-state index contributed by atoms with van der Waals surface area (Å²) < 4.78 is 32.3. The minimum Gasteiger partial charge on any atom is -0.393 e. The summed E-state index contributed by atoms with van der Waals surface area (Å²) in [6.07, 6.45) is 3.59. The standard InChI is InChI=1S/C22H22ClF2N7O2/c1-29-17-18(30-9-22(24,25)10-30)27-20(31-11-26-15-7-2-12(23)8-16(15)31)28-19(17)32(21(29)34)13-3-5-14(33)6-4-13/h2,7-8,11,13-14,33H,3-6,9-10H2,1H3/t13-,14-. The van der Waals surface area contributed by atoms with Gasteiger partial charge in [0.15, 0.2) is 11.5 Å². The molecule has 4 heterocycles. The third kappa shape index (κ3) is 3.29. The van der Waals surface area contributed by atoms with Gasteiger partial charge in [-0.05, 0) is 43.9 Å². The van der Waals surface area contributed by atoms with E-state index in [2.05, 4.69) is 9.97 Å². The molecule has 34 heavy (non-hydrogen) atoms. The Bertz CT molecular complexity index is 1480. The van der Waals surface area contributed by atoms with Gasteiger partial charge in [0.1, 0.15) is 11.8 Å². The average molecular weight is 490 g/mol. The molecule has 1 aliphatic carbocycles. The molecule has 12 heteroatoms. The summed E-state index contributed by atoms with van der Waals surface area (Å²) in [5.41, 5.74) is 1.86. The summed E-state index contributed by atoms with van der Waals surface area (Å²) in [5.74, 6) is -2.31. The molecule has 1 N–H and O–H groups in total. The summed E-state index contributed by atoms with van der Waals surface area (Å²) in [6, 6.07) is 5.08. The van der Waals surface area contributed by atoms with E-state index in [1.807, 2.05) is 0 Å². The lowest BCUT2D eigenvalue weighted by atomic mass is 9.93. The fourth-order valence-electron chi connectivity index (χ4n) is 5.01. The number of aliphatic hydroxyl groups is 1. The Morgan fingerprint density at radius 1 is 1.15 bits per heavy atom. The number of aromatic nitrogens is 6. The molecule has 178 valence electrons. The van der Waals surface area contributed by atoms with Crippen LogP contribution in [-0.4, -0.2) is 58.9 Å². The number of fused-ring (bicyclic) bond motifs is 2. The Morgan fingerprint density at radius 2 is 1.88 bits per heavy atom. The average Bonchev–Trinajstić information content (AvgIpc) is 3.31. The molecule has 1 aromatic carbocycles. The van der Waals surface area contributed by atoms with E-state index >= 15 is 0 Å². The Kier molecular flexibility index (Phi) is 4.72. The van der Waals surface area contributed by atoms with Gasteiger partial charge >= 0.3 is 5.69 Å². The third-order valence-corrected chi connectivity index (χ3v) is 7.03. The Balaban J connectivity index is 1.60. The van der Waals surface area contributed by atoms with Crippen molar-refractivity contribution in [2.24, 2.45) is 7.05 Å². The van der Waals surface area contributed by atoms with Crippen LogP contribution in [0.25, 0.3) is 28.1 Å². The van der Waals surface area contributed by atoms with Gasteiger partial charge in [0, 0.05) is 18.1 Å². The van der Waals surface area contributed by atoms with E-state index in [-0.39, 0.29) is 29.6 Å². The lowest BCUT2D eigenvalue weighted by Crippen LogP contribution is -2.56. The molecular formula is C22H22ClF2N7O2. The summed E-state index contributed by atoms with van der Waals surface area (Å²) in [4.78, 5) is 28.5. The van der Waals surface area contributed by atoms with Gasteiger partial charge in [-0.25, -0.2) is 18.6 Å². The Morgan fingerprint density at radius 3 is 2.59 bits per heavy atom. The molecule has 6 rings (SSSR count). The van der Waals surface area contributed by atoms with Crippen LogP contribution < -0.4 is 10.6 Å². The van der Waals surface area contributed by atoms with Crippen LogP contribution in [0.5, 0.6) is 0 Å². The van der Waals surface area contributed by atoms with Gasteiger partial charge in [-0.2, -0.15) is 9.97 Å². The Labute approximate surface area is 197 Å². The van der Waals surface area contributed by atoms with Gasteiger partial charge in [-0.15, -0.1) is 0 Å². The van der Waals surface area contributed by atoms with Crippen molar-refractivity contribution < 1.29 is 13.9 Å². The van der Waals surface area contributed by atoms with Crippen molar-refractivity contribution in [2.75, 3.05) is 18.0 Å². The van der Waals surface area contributed by atoms with Crippen molar-refractivity contribution in [3.8, 4) is 5.95 Å². The molecule has 0 atom stereocenters. The van der Waals surface area contributed by atoms with Crippen LogP contribution >= 0.6 is 11.6 Å². The van der Waals surface area contributed by atoms with Gasteiger partial charge in [0.25, 0.3) is 5.92 Å². The van der Waals surface area contributed by atoms with Crippen LogP contribution in [0.4, 0.5) is 14.6 Å². The zero-order valence-electron chi connectivity index (χ0n) is 18.3. The molecule has 3 aromatic heterocycles. The number of aryl methyl sites for hydroxylation is 1. The first kappa shape index (κ1) is 21.5. The van der Waals surface area contributed by atoms with Gasteiger partial charge in [0.05, 0.1) is 30.2 Å². The number of aliphatic hydroxyl groups excluding tert-OH is 1. The highest BCUT2D eigenvalue weighted by Gasteiger charge is 2.46. The van der Waals surface area contributed by atoms with E-state index in [0.717, 1.165) is 0 Å². The normalized spacial score (nSPS) is 22.4. The molecule has 0 amide bonds. The van der Waals surface area contributed by atoms with Crippen LogP contribution in [0.15, 0.2) is 29.3 Å². The van der Waals surface area contributed by atoms with E-state index in [0.29, 0.717) is 52.9 Å². The van der Waals surface area contributed by atoms with E-state index in [9.17, 15) is 18.7 Å². The topological polar surface area (TPSA) is 94.0 Å². The number of alkyl halides is 2. The quantitative estimate of drug-likeness (QED) is 0.475. The molecule has 2 fully saturated rings. The second-order valence-electron chi connectivity index (χ2n) is 9.15. The summed E-state index contributed by atoms with van der Waals surface area (Å²) >= 11 is 6.19. The molecule has 9 nitrogen and oxygen atoms in total. The maximum Gasteiger partial charge on any atom is 0.330 e. The van der Waals surface area contributed by atoms with E-state index in [1.165, 1.54) is 9.47 Å². The second kappa shape index (κ2) is 7.47. The first-order valence-corrected chi connectivity index (χ1v) is 11.5. The molecule has 1 saturated heterocycles. The number of benzene rings is 1. The molecule has 0 unspecified atom stereocenters. The van der Waals surface area contributed by atoms with Gasteiger partial charge in [-0.3, -0.25) is 13.7 Å². The highest BCUT2D eigenvalue weighted by atomic mass is 35.5. The van der Waals surface area contributed by atoms with E-state index < -0.39 is 19.0 Å². The largest absolute Gasteiger partial charge is 0.393 e. The number of nitrogens with zero attached hydrogens (tertiary/aromatic N) is 7. The number of rotatable bonds is 3. The fourth-order valence-corrected chi connectivity index (χ4v) is 5.18. The molecule has 0 radical (unpaired) electrons. The zero-order chi connectivity index (χ0) is 23.8. The highest BCUT2D eigenvalue weighted by molar-refractivity contribution is 6.31. The lowest BCUT2D eigenvalue weighted by Gasteiger charge is -2.39. The number of hydrogen-bond donors (Lipinski definition) is 1. The SMILES string of the molecule is Cn1c(=O)n([C@H]2CC[C@H](O)CC2)c2nc(-n3cnc4ccc(Cl)cc43)nc(N3CC(F)(F)C3)c21. The number of anilines is 1. The minimum atomic E-state index is -2.81. The van der Waals surface area contributed by atoms with E-state index in [1.54, 1.807) is 40.7 Å². The van der Waals surface area contributed by atoms with Crippen molar-refractivity contribution in [1.29, 1.82) is 0 Å². The van der Waals surface area contributed by atoms with Crippen molar-refractivity contribution in [3.05, 3.63) is 40.0 Å². The summed E-state index contributed by atoms with van der Waals surface area (Å²) in [6.45, 7) is -0.964. The smallest absolute Gasteiger partial charge is 0.330 e. The van der Waals surface area contributed by atoms with Crippen molar-refractivity contribution in [3.63, 3.8) is 0 Å². The number of halogens is 3. The first-order valence-electron chi connectivity index (χ1n) is 11.1. The second-order valence-corrected chi connectivity index (χ2v) is 9.59. The molecule has 4 aromatic rings. The summed E-state index contributed by atoms with van der Waals surface area (Å²) in [7, 11) is 1.61. The predicted molar refractivity (Wildman–Crippen MR) is 123 cm³/mol. The van der Waals surface area contributed by atoms with E-state index in [4.69, 9.17) is 16.6 Å². The maximum atomic E-state index is 13.8. The summed E-state index contributed by atoms with van der Waals surface area (Å²) in [5, 5.41) is 10.5. The van der Waals surface area contributed by atoms with Crippen LogP contribution in [0.2, 0.25) is 5.02 Å². The number of hydrogen-bond acceptors (Lipinski definition) is 6. The molecular weight excluding hydrogens is 468 g/mol. The molecule has 0 spiro atoms. The maximum absolute atomic E-state index is 13.8. The van der Waals surface area contributed by atoms with Crippen LogP contribution in [-0.2, 0) is 7.05 Å². The lowest BCUT2D eigenvalue weighted by molar-refractivity contribution is -0.0265. The monoisotopic (exact) mass is 489 g/mol. The van der Waals surface area contributed by atoms with Crippen LogP contribution in [0, 0.1) is 0 Å². The van der Waals surface area contributed by atoms with Crippen molar-refractivity contribution >= 4 is 39.6 Å². The molecule has 1 saturated carbocycles. The first-order chi connectivity index (χ1) is 16.2.